The van der Waals surface area contributed by atoms with Crippen molar-refractivity contribution in [2.24, 2.45) is 0 Å². The van der Waals surface area contributed by atoms with Crippen LogP contribution in [-0.4, -0.2) is 49.0 Å². The van der Waals surface area contributed by atoms with E-state index < -0.39 is 29.5 Å². The molecule has 1 heterocycles. The average Bonchev–Trinajstić information content (AvgIpc) is 3.23. The van der Waals surface area contributed by atoms with E-state index in [9.17, 15) is 19.2 Å². The van der Waals surface area contributed by atoms with Crippen molar-refractivity contribution in [3.63, 3.8) is 0 Å². The smallest absolute Gasteiger partial charge is 0.299 e. The molecule has 0 aliphatic carbocycles. The molecule has 0 bridgehead atoms. The second kappa shape index (κ2) is 11.9. The van der Waals surface area contributed by atoms with Crippen molar-refractivity contribution in [1.29, 1.82) is 0 Å². The average molecular weight is 547 g/mol. The number of para-hydroxylation sites is 1. The summed E-state index contributed by atoms with van der Waals surface area (Å²) in [5.41, 5.74) is 3.64. The molecule has 0 unspecified atom stereocenters. The van der Waals surface area contributed by atoms with Crippen LogP contribution in [0.4, 0.5) is 17.1 Å². The van der Waals surface area contributed by atoms with E-state index in [1.54, 1.807) is 36.4 Å². The van der Waals surface area contributed by atoms with Crippen LogP contribution < -0.4 is 15.1 Å². The third kappa shape index (κ3) is 5.86. The number of hydrogen-bond acceptors (Lipinski definition) is 5. The van der Waals surface area contributed by atoms with Gasteiger partial charge in [-0.3, -0.25) is 24.1 Å². The van der Waals surface area contributed by atoms with Gasteiger partial charge in [0.15, 0.2) is 0 Å². The van der Waals surface area contributed by atoms with Crippen LogP contribution in [0.25, 0.3) is 0 Å². The van der Waals surface area contributed by atoms with Gasteiger partial charge >= 0.3 is 0 Å². The van der Waals surface area contributed by atoms with Gasteiger partial charge in [-0.05, 0) is 47.5 Å². The van der Waals surface area contributed by atoms with E-state index in [1.165, 1.54) is 9.80 Å². The second-order valence-corrected chi connectivity index (χ2v) is 9.99. The number of nitrogens with zero attached hydrogens (tertiary/aromatic N) is 3. The van der Waals surface area contributed by atoms with Crippen LogP contribution in [0, 0.1) is 0 Å². The van der Waals surface area contributed by atoms with Crippen molar-refractivity contribution < 1.29 is 19.2 Å². The lowest BCUT2D eigenvalue weighted by Crippen LogP contribution is -2.46. The summed E-state index contributed by atoms with van der Waals surface area (Å²) in [6, 6.07) is 31.4. The maximum absolute atomic E-state index is 14.1. The maximum Gasteiger partial charge on any atom is 0.299 e. The highest BCUT2D eigenvalue weighted by Gasteiger charge is 2.39. The van der Waals surface area contributed by atoms with E-state index in [4.69, 9.17) is 0 Å². The Morgan fingerprint density at radius 3 is 2.05 bits per heavy atom. The van der Waals surface area contributed by atoms with Gasteiger partial charge < -0.3 is 15.1 Å². The highest BCUT2D eigenvalue weighted by Crippen LogP contribution is 2.30. The van der Waals surface area contributed by atoms with Gasteiger partial charge in [0.1, 0.15) is 12.6 Å². The molecule has 1 aliphatic heterocycles. The zero-order valence-electron chi connectivity index (χ0n) is 22.9. The third-order valence-corrected chi connectivity index (χ3v) is 7.01. The SMILES string of the molecule is CN(C)c1ccc(NC(=O)[C@H](c2ccccc2)N(Cc2ccccc2)C(=O)CN2C(=O)C(=O)c3ccccc32)cc1. The Labute approximate surface area is 238 Å². The van der Waals surface area contributed by atoms with Crippen LogP contribution in [0.3, 0.4) is 0 Å². The summed E-state index contributed by atoms with van der Waals surface area (Å²) in [7, 11) is 3.87. The highest BCUT2D eigenvalue weighted by atomic mass is 16.2. The molecule has 3 amide bonds. The van der Waals surface area contributed by atoms with Gasteiger partial charge in [-0.15, -0.1) is 0 Å². The maximum atomic E-state index is 14.1. The fraction of sp³-hybridized carbons (Fsp3) is 0.152. The van der Waals surface area contributed by atoms with Crippen LogP contribution in [0.2, 0.25) is 0 Å². The minimum atomic E-state index is -1.01. The van der Waals surface area contributed by atoms with Gasteiger partial charge in [-0.1, -0.05) is 72.8 Å². The number of ketones is 1. The normalized spacial score (nSPS) is 13.0. The Bertz CT molecular complexity index is 1570. The van der Waals surface area contributed by atoms with E-state index >= 15 is 0 Å². The molecule has 1 aliphatic rings. The Morgan fingerprint density at radius 1 is 0.780 bits per heavy atom. The van der Waals surface area contributed by atoms with Crippen molar-refractivity contribution >= 4 is 40.6 Å². The molecule has 0 spiro atoms. The number of carbonyl (C=O) groups is 4. The molecule has 0 saturated carbocycles. The number of anilines is 3. The first kappa shape index (κ1) is 27.3. The summed E-state index contributed by atoms with van der Waals surface area (Å²) >= 11 is 0. The van der Waals surface area contributed by atoms with Crippen molar-refractivity contribution in [2.45, 2.75) is 12.6 Å². The second-order valence-electron chi connectivity index (χ2n) is 9.99. The van der Waals surface area contributed by atoms with Gasteiger partial charge in [0.25, 0.3) is 17.6 Å². The number of carbonyl (C=O) groups excluding carboxylic acids is 4. The van der Waals surface area contributed by atoms with Crippen molar-refractivity contribution in [2.75, 3.05) is 35.8 Å². The Hall–Kier alpha value is -5.24. The molecule has 0 aromatic heterocycles. The number of nitrogens with one attached hydrogen (secondary N) is 1. The number of benzene rings is 4. The number of hydrogen-bond donors (Lipinski definition) is 1. The molecule has 4 aromatic rings. The molecule has 0 radical (unpaired) electrons. The zero-order chi connectivity index (χ0) is 28.9. The van der Waals surface area contributed by atoms with Gasteiger partial charge in [0, 0.05) is 32.0 Å². The Kier molecular flexibility index (Phi) is 7.92. The molecule has 41 heavy (non-hydrogen) atoms. The molecule has 0 saturated heterocycles. The molecule has 4 aromatic carbocycles. The number of rotatable bonds is 9. The van der Waals surface area contributed by atoms with E-state index in [0.29, 0.717) is 16.9 Å². The molecular weight excluding hydrogens is 516 g/mol. The van der Waals surface area contributed by atoms with Crippen LogP contribution in [0.5, 0.6) is 0 Å². The number of Topliss-reactive ketones (excluding diaryl/α,β-unsaturated/α-hetero) is 1. The van der Waals surface area contributed by atoms with Crippen LogP contribution in [-0.2, 0) is 20.9 Å². The summed E-state index contributed by atoms with van der Waals surface area (Å²) in [6.45, 7) is -0.271. The topological polar surface area (TPSA) is 90.0 Å². The molecule has 1 N–H and O–H groups in total. The van der Waals surface area contributed by atoms with Gasteiger partial charge in [-0.25, -0.2) is 0 Å². The molecule has 8 heteroatoms. The monoisotopic (exact) mass is 546 g/mol. The van der Waals surface area contributed by atoms with Gasteiger partial charge in [0.2, 0.25) is 5.91 Å². The molecule has 0 fully saturated rings. The molecular formula is C33H30N4O4. The molecule has 8 nitrogen and oxygen atoms in total. The predicted octanol–water partition coefficient (Wildman–Crippen LogP) is 4.69. The Balaban J connectivity index is 1.51. The number of fused-ring (bicyclic) bond motifs is 1. The zero-order valence-corrected chi connectivity index (χ0v) is 22.9. The Morgan fingerprint density at radius 2 is 1.39 bits per heavy atom. The first-order valence-electron chi connectivity index (χ1n) is 13.3. The fourth-order valence-corrected chi connectivity index (χ4v) is 4.90. The lowest BCUT2D eigenvalue weighted by Gasteiger charge is -2.33. The summed E-state index contributed by atoms with van der Waals surface area (Å²) in [5.74, 6) is -2.29. The predicted molar refractivity (Wildman–Crippen MR) is 159 cm³/mol. The lowest BCUT2D eigenvalue weighted by atomic mass is 10.0. The first-order chi connectivity index (χ1) is 19.8. The molecule has 206 valence electrons. The molecule has 1 atom stereocenters. The standard InChI is InChI=1S/C33H30N4O4/c1-35(2)26-19-17-25(18-20-26)34-32(40)30(24-13-7-4-8-14-24)37(21-23-11-5-3-6-12-23)29(38)22-36-28-16-10-9-15-27(28)31(39)33(36)41/h3-20,30H,21-22H2,1-2H3,(H,34,40)/t30-/m0/s1. The van der Waals surface area contributed by atoms with Crippen molar-refractivity contribution in [3.8, 4) is 0 Å². The molecule has 5 rings (SSSR count). The minimum absolute atomic E-state index is 0.115. The third-order valence-electron chi connectivity index (χ3n) is 7.01. The summed E-state index contributed by atoms with van der Waals surface area (Å²) < 4.78 is 0. The number of amides is 3. The van der Waals surface area contributed by atoms with E-state index in [-0.39, 0.29) is 18.7 Å². The van der Waals surface area contributed by atoms with Crippen LogP contribution >= 0.6 is 0 Å². The van der Waals surface area contributed by atoms with Gasteiger partial charge in [-0.2, -0.15) is 0 Å². The van der Waals surface area contributed by atoms with Crippen molar-refractivity contribution in [3.05, 3.63) is 126 Å². The lowest BCUT2D eigenvalue weighted by molar-refractivity contribution is -0.139. The highest BCUT2D eigenvalue weighted by molar-refractivity contribution is 6.52. The van der Waals surface area contributed by atoms with E-state index in [0.717, 1.165) is 11.3 Å². The van der Waals surface area contributed by atoms with Crippen molar-refractivity contribution in [1.82, 2.24) is 4.90 Å². The van der Waals surface area contributed by atoms with Crippen LogP contribution in [0.1, 0.15) is 27.5 Å². The largest absolute Gasteiger partial charge is 0.378 e. The van der Waals surface area contributed by atoms with Crippen LogP contribution in [0.15, 0.2) is 109 Å². The first-order valence-corrected chi connectivity index (χ1v) is 13.3. The van der Waals surface area contributed by atoms with E-state index in [2.05, 4.69) is 5.32 Å². The fourth-order valence-electron chi connectivity index (χ4n) is 4.90. The van der Waals surface area contributed by atoms with E-state index in [1.807, 2.05) is 91.8 Å². The summed E-state index contributed by atoms with van der Waals surface area (Å²) in [5, 5.41) is 2.97. The summed E-state index contributed by atoms with van der Waals surface area (Å²) in [6.07, 6.45) is 0. The minimum Gasteiger partial charge on any atom is -0.378 e. The summed E-state index contributed by atoms with van der Waals surface area (Å²) in [4.78, 5) is 58.2. The van der Waals surface area contributed by atoms with Gasteiger partial charge in [0.05, 0.1) is 11.3 Å². The quantitative estimate of drug-likeness (QED) is 0.308.